The zero-order valence-electron chi connectivity index (χ0n) is 30.4. The van der Waals surface area contributed by atoms with Crippen LogP contribution < -0.4 is 10.1 Å². The molecule has 0 bridgehead atoms. The van der Waals surface area contributed by atoms with Gasteiger partial charge in [-0.05, 0) is 94.8 Å². The van der Waals surface area contributed by atoms with Crippen molar-refractivity contribution in [1.82, 2.24) is 9.55 Å². The molecule has 0 aliphatic carbocycles. The van der Waals surface area contributed by atoms with Crippen LogP contribution in [0.3, 0.4) is 0 Å². The number of aromatic nitrogens is 2. The fourth-order valence-electron chi connectivity index (χ4n) is 6.81. The standard InChI is InChI=1S/C42H38N4OS/c1-27(2)33-15-11-16-34(28(3)4)42(33)29-22-23-43-41(24-29)45-37-17-7-6-14-35(37)36-21-20-32(26-40(36)45)48-31-13-10-12-30(25-31)46-39-19-9-8-18-38(39)44(5)47-46/h6-28H,1-5H3/i5D3. The van der Waals surface area contributed by atoms with Crippen LogP contribution in [0.5, 0.6) is 0 Å². The monoisotopic (exact) mass is 649 g/mol. The van der Waals surface area contributed by atoms with Crippen molar-refractivity contribution in [2.24, 2.45) is 0 Å². The number of hydroxylamine groups is 1. The SMILES string of the molecule is [2H]C([2H])([2H])N1ON(c2cccc(Sc3ccc4c5ccccc5n(-c5cc(-c6c(C(C)C)cccc6C(C)C)ccn5)c4c3)c2)c2ccccc21. The molecular weight excluding hydrogens is 609 g/mol. The van der Waals surface area contributed by atoms with Crippen LogP contribution in [0, 0.1) is 0 Å². The molecule has 0 atom stereocenters. The number of para-hydroxylation sites is 3. The highest BCUT2D eigenvalue weighted by Gasteiger charge is 2.26. The Morgan fingerprint density at radius 1 is 0.667 bits per heavy atom. The fourth-order valence-corrected chi connectivity index (χ4v) is 7.72. The highest BCUT2D eigenvalue weighted by Crippen LogP contribution is 2.43. The first-order chi connectivity index (χ1) is 24.6. The summed E-state index contributed by atoms with van der Waals surface area (Å²) in [6, 6.07) is 41.4. The summed E-state index contributed by atoms with van der Waals surface area (Å²) in [6.07, 6.45) is 1.93. The molecule has 0 radical (unpaired) electrons. The van der Waals surface area contributed by atoms with Gasteiger partial charge in [0, 0.05) is 37.8 Å². The Bertz CT molecular complexity index is 2390. The lowest BCUT2D eigenvalue weighted by Crippen LogP contribution is -2.20. The summed E-state index contributed by atoms with van der Waals surface area (Å²) in [5, 5.41) is 4.90. The molecule has 0 fully saturated rings. The van der Waals surface area contributed by atoms with Crippen LogP contribution in [0.15, 0.2) is 137 Å². The lowest BCUT2D eigenvalue weighted by molar-refractivity contribution is 0.142. The van der Waals surface area contributed by atoms with Gasteiger partial charge in [-0.15, -0.1) is 4.94 Å². The molecule has 3 heterocycles. The van der Waals surface area contributed by atoms with Crippen molar-refractivity contribution in [3.63, 3.8) is 0 Å². The third-order valence-corrected chi connectivity index (χ3v) is 10.0. The number of hydrogen-bond donors (Lipinski definition) is 0. The number of nitrogens with zero attached hydrogens (tertiary/aromatic N) is 4. The Kier molecular flexibility index (Phi) is 6.85. The van der Waals surface area contributed by atoms with Gasteiger partial charge in [-0.2, -0.15) is 5.06 Å². The highest BCUT2D eigenvalue weighted by molar-refractivity contribution is 7.99. The predicted molar refractivity (Wildman–Crippen MR) is 201 cm³/mol. The van der Waals surface area contributed by atoms with Gasteiger partial charge < -0.3 is 0 Å². The summed E-state index contributed by atoms with van der Waals surface area (Å²) in [4.78, 5) is 12.9. The zero-order valence-corrected chi connectivity index (χ0v) is 28.2. The lowest BCUT2D eigenvalue weighted by atomic mass is 9.85. The van der Waals surface area contributed by atoms with Crippen molar-refractivity contribution in [2.75, 3.05) is 17.1 Å². The van der Waals surface area contributed by atoms with Crippen molar-refractivity contribution in [2.45, 2.75) is 49.3 Å². The van der Waals surface area contributed by atoms with Gasteiger partial charge in [0.05, 0.1) is 28.1 Å². The van der Waals surface area contributed by atoms with E-state index in [1.54, 1.807) is 22.9 Å². The molecule has 6 heteroatoms. The topological polar surface area (TPSA) is 33.5 Å². The first kappa shape index (κ1) is 27.0. The van der Waals surface area contributed by atoms with E-state index in [0.717, 1.165) is 42.8 Å². The van der Waals surface area contributed by atoms with E-state index in [4.69, 9.17) is 14.0 Å². The highest BCUT2D eigenvalue weighted by atomic mass is 32.2. The van der Waals surface area contributed by atoms with Crippen LogP contribution in [0.4, 0.5) is 17.1 Å². The van der Waals surface area contributed by atoms with Crippen molar-refractivity contribution in [3.05, 3.63) is 139 Å². The van der Waals surface area contributed by atoms with E-state index in [0.29, 0.717) is 23.2 Å². The summed E-state index contributed by atoms with van der Waals surface area (Å²) >= 11 is 1.65. The Morgan fingerprint density at radius 2 is 1.38 bits per heavy atom. The minimum Gasteiger partial charge on any atom is -0.294 e. The molecule has 238 valence electrons. The maximum atomic E-state index is 7.99. The van der Waals surface area contributed by atoms with Crippen molar-refractivity contribution in [3.8, 4) is 16.9 Å². The molecule has 0 N–H and O–H groups in total. The van der Waals surface area contributed by atoms with Crippen molar-refractivity contribution < 1.29 is 9.05 Å². The first-order valence-corrected chi connectivity index (χ1v) is 17.2. The summed E-state index contributed by atoms with van der Waals surface area (Å²) in [5.41, 5.74) is 9.24. The van der Waals surface area contributed by atoms with Crippen LogP contribution in [-0.4, -0.2) is 16.5 Å². The maximum absolute atomic E-state index is 7.99. The van der Waals surface area contributed by atoms with Gasteiger partial charge in [-0.25, -0.2) is 10.0 Å². The van der Waals surface area contributed by atoms with Crippen LogP contribution in [0.25, 0.3) is 38.8 Å². The lowest BCUT2D eigenvalue weighted by Gasteiger charge is -2.20. The molecule has 0 unspecified atom stereocenters. The molecule has 5 aromatic carbocycles. The molecule has 2 aromatic heterocycles. The van der Waals surface area contributed by atoms with Crippen LogP contribution in [0.2, 0.25) is 0 Å². The molecule has 1 aliphatic rings. The molecule has 0 saturated heterocycles. The average molecular weight is 650 g/mol. The van der Waals surface area contributed by atoms with Gasteiger partial charge in [0.2, 0.25) is 0 Å². The van der Waals surface area contributed by atoms with Gasteiger partial charge in [0.15, 0.2) is 0 Å². The predicted octanol–water partition coefficient (Wildman–Crippen LogP) is 11.7. The molecule has 8 rings (SSSR count). The third kappa shape index (κ3) is 5.22. The number of hydrogen-bond acceptors (Lipinski definition) is 5. The van der Waals surface area contributed by atoms with E-state index in [2.05, 4.69) is 111 Å². The van der Waals surface area contributed by atoms with Gasteiger partial charge in [0.1, 0.15) is 5.82 Å². The summed E-state index contributed by atoms with van der Waals surface area (Å²) < 4.78 is 26.3. The second kappa shape index (κ2) is 12.2. The molecule has 5 nitrogen and oxygen atoms in total. The average Bonchev–Trinajstić information content (AvgIpc) is 3.68. The van der Waals surface area contributed by atoms with Crippen LogP contribution in [0.1, 0.15) is 54.8 Å². The number of benzene rings is 5. The van der Waals surface area contributed by atoms with Gasteiger partial charge in [-0.1, -0.05) is 100 Å². The van der Waals surface area contributed by atoms with Crippen LogP contribution in [-0.2, 0) is 4.94 Å². The largest absolute Gasteiger partial charge is 0.294 e. The minimum atomic E-state index is -2.45. The molecular formula is C42H38N4OS. The smallest absolute Gasteiger partial charge is 0.138 e. The fraction of sp³-hybridized carbons (Fsp3) is 0.167. The second-order valence-corrected chi connectivity index (χ2v) is 14.0. The summed E-state index contributed by atoms with van der Waals surface area (Å²) in [6.45, 7) is 6.59. The second-order valence-electron chi connectivity index (χ2n) is 12.8. The Balaban J connectivity index is 1.20. The van der Waals surface area contributed by atoms with Crippen LogP contribution >= 0.6 is 11.8 Å². The van der Waals surface area contributed by atoms with Gasteiger partial charge in [-0.3, -0.25) is 4.57 Å². The number of anilines is 3. The summed E-state index contributed by atoms with van der Waals surface area (Å²) in [7, 11) is 0. The van der Waals surface area contributed by atoms with Crippen molar-refractivity contribution in [1.29, 1.82) is 0 Å². The quantitative estimate of drug-likeness (QED) is 0.172. The number of rotatable bonds is 7. The van der Waals surface area contributed by atoms with E-state index < -0.39 is 6.98 Å². The Hall–Kier alpha value is -5.04. The van der Waals surface area contributed by atoms with E-state index in [-0.39, 0.29) is 0 Å². The number of pyridine rings is 1. The minimum absolute atomic E-state index is 0.383. The molecule has 0 amide bonds. The zero-order chi connectivity index (χ0) is 35.4. The van der Waals surface area contributed by atoms with Gasteiger partial charge >= 0.3 is 0 Å². The Morgan fingerprint density at radius 3 is 2.17 bits per heavy atom. The molecule has 7 aromatic rings. The molecule has 0 saturated carbocycles. The van der Waals surface area contributed by atoms with Crippen molar-refractivity contribution >= 4 is 50.6 Å². The normalized spacial score (nSPS) is 14.2. The third-order valence-electron chi connectivity index (χ3n) is 9.05. The van der Waals surface area contributed by atoms with E-state index in [9.17, 15) is 0 Å². The Labute approximate surface area is 290 Å². The molecule has 48 heavy (non-hydrogen) atoms. The first-order valence-electron chi connectivity index (χ1n) is 17.9. The van der Waals surface area contributed by atoms with Gasteiger partial charge in [0.25, 0.3) is 0 Å². The molecule has 1 aliphatic heterocycles. The summed E-state index contributed by atoms with van der Waals surface area (Å²) in [5.74, 6) is 1.64. The number of fused-ring (bicyclic) bond motifs is 4. The maximum Gasteiger partial charge on any atom is 0.138 e. The van der Waals surface area contributed by atoms with E-state index >= 15 is 0 Å². The van der Waals surface area contributed by atoms with E-state index in [1.807, 2.05) is 42.6 Å². The molecule has 0 spiro atoms. The van der Waals surface area contributed by atoms with E-state index in [1.165, 1.54) is 27.6 Å².